The van der Waals surface area contributed by atoms with Gasteiger partial charge in [0.1, 0.15) is 11.8 Å². The molecule has 1 atom stereocenters. The molecule has 0 spiro atoms. The van der Waals surface area contributed by atoms with Gasteiger partial charge in [-0.1, -0.05) is 18.2 Å². The summed E-state index contributed by atoms with van der Waals surface area (Å²) in [4.78, 5) is 11.2. The molecule has 2 N–H and O–H groups in total. The number of aliphatic carboxylic acids is 1. The van der Waals surface area contributed by atoms with Gasteiger partial charge in [0.15, 0.2) is 0 Å². The summed E-state index contributed by atoms with van der Waals surface area (Å²) in [5.41, 5.74) is 0.645. The van der Waals surface area contributed by atoms with Crippen LogP contribution in [-0.4, -0.2) is 24.2 Å². The van der Waals surface area contributed by atoms with Crippen molar-refractivity contribution in [1.82, 2.24) is 5.32 Å². The highest BCUT2D eigenvalue weighted by Crippen LogP contribution is 2.25. The third kappa shape index (κ3) is 2.97. The molecule has 1 aromatic carbocycles. The van der Waals surface area contributed by atoms with E-state index in [0.717, 1.165) is 0 Å². The van der Waals surface area contributed by atoms with E-state index in [1.54, 1.807) is 18.2 Å². The highest BCUT2D eigenvalue weighted by atomic mass is 16.5. The summed E-state index contributed by atoms with van der Waals surface area (Å²) >= 11 is 0. The Hall–Kier alpha value is -1.55. The van der Waals surface area contributed by atoms with E-state index in [0.29, 0.717) is 11.3 Å². The van der Waals surface area contributed by atoms with Crippen LogP contribution in [-0.2, 0) is 4.79 Å². The van der Waals surface area contributed by atoms with E-state index in [9.17, 15) is 9.90 Å². The molecular formula is C12H17NO3. The van der Waals surface area contributed by atoms with Gasteiger partial charge >= 0.3 is 5.97 Å². The Kier molecular flexibility index (Phi) is 4.31. The van der Waals surface area contributed by atoms with E-state index < -0.39 is 12.0 Å². The van der Waals surface area contributed by atoms with Crippen molar-refractivity contribution in [3.05, 3.63) is 29.8 Å². The summed E-state index contributed by atoms with van der Waals surface area (Å²) in [6.07, 6.45) is 0. The van der Waals surface area contributed by atoms with Crippen LogP contribution in [0.5, 0.6) is 5.75 Å². The molecule has 4 nitrogen and oxygen atoms in total. The lowest BCUT2D eigenvalue weighted by atomic mass is 10.1. The molecular weight excluding hydrogens is 206 g/mol. The van der Waals surface area contributed by atoms with Gasteiger partial charge in [-0.25, -0.2) is 0 Å². The lowest BCUT2D eigenvalue weighted by Gasteiger charge is -2.19. The number of benzene rings is 1. The van der Waals surface area contributed by atoms with E-state index in [4.69, 9.17) is 4.74 Å². The molecule has 0 aromatic heterocycles. The van der Waals surface area contributed by atoms with Crippen LogP contribution in [0.2, 0.25) is 0 Å². The Labute approximate surface area is 95.2 Å². The molecule has 1 unspecified atom stereocenters. The molecule has 16 heavy (non-hydrogen) atoms. The zero-order valence-corrected chi connectivity index (χ0v) is 9.73. The van der Waals surface area contributed by atoms with Crippen LogP contribution >= 0.6 is 0 Å². The van der Waals surface area contributed by atoms with Crippen LogP contribution in [0, 0.1) is 0 Å². The van der Waals surface area contributed by atoms with Gasteiger partial charge in [-0.15, -0.1) is 0 Å². The van der Waals surface area contributed by atoms with Gasteiger partial charge in [0, 0.05) is 11.6 Å². The number of carboxylic acid groups (broad SMARTS) is 1. The minimum absolute atomic E-state index is 0.0889. The third-order valence-electron chi connectivity index (χ3n) is 2.20. The van der Waals surface area contributed by atoms with Gasteiger partial charge in [-0.3, -0.25) is 10.1 Å². The number of ether oxygens (including phenoxy) is 1. The highest BCUT2D eigenvalue weighted by molar-refractivity contribution is 5.76. The lowest BCUT2D eigenvalue weighted by Crippen LogP contribution is -2.33. The minimum Gasteiger partial charge on any atom is -0.496 e. The first-order valence-corrected chi connectivity index (χ1v) is 5.18. The number of carboxylic acids is 1. The van der Waals surface area contributed by atoms with Crippen LogP contribution in [0.1, 0.15) is 25.5 Å². The summed E-state index contributed by atoms with van der Waals surface area (Å²) in [6.45, 7) is 3.82. The fourth-order valence-corrected chi connectivity index (χ4v) is 1.53. The van der Waals surface area contributed by atoms with Crippen LogP contribution < -0.4 is 10.1 Å². The maximum Gasteiger partial charge on any atom is 0.325 e. The molecule has 1 rings (SSSR count). The molecule has 0 heterocycles. The van der Waals surface area contributed by atoms with Crippen molar-refractivity contribution in [2.75, 3.05) is 7.11 Å². The van der Waals surface area contributed by atoms with Gasteiger partial charge in [0.2, 0.25) is 0 Å². The van der Waals surface area contributed by atoms with Gasteiger partial charge in [0.05, 0.1) is 7.11 Å². The largest absolute Gasteiger partial charge is 0.496 e. The van der Waals surface area contributed by atoms with E-state index >= 15 is 0 Å². The Bertz CT molecular complexity index is 363. The summed E-state index contributed by atoms with van der Waals surface area (Å²) in [5, 5.41) is 12.2. The maximum atomic E-state index is 11.2. The SMILES string of the molecule is COc1ccccc1C(NC(C)C)C(=O)O. The van der Waals surface area contributed by atoms with Crippen molar-refractivity contribution < 1.29 is 14.6 Å². The Morgan fingerprint density at radius 1 is 1.38 bits per heavy atom. The number of hydrogen-bond acceptors (Lipinski definition) is 3. The molecule has 0 bridgehead atoms. The zero-order chi connectivity index (χ0) is 12.1. The first-order valence-electron chi connectivity index (χ1n) is 5.18. The van der Waals surface area contributed by atoms with Crippen molar-refractivity contribution in [2.24, 2.45) is 0 Å². The van der Waals surface area contributed by atoms with Crippen LogP contribution in [0.4, 0.5) is 0 Å². The normalized spacial score (nSPS) is 12.5. The second kappa shape index (κ2) is 5.51. The molecule has 0 aliphatic heterocycles. The van der Waals surface area contributed by atoms with Crippen molar-refractivity contribution in [3.63, 3.8) is 0 Å². The van der Waals surface area contributed by atoms with E-state index in [1.165, 1.54) is 7.11 Å². The fourth-order valence-electron chi connectivity index (χ4n) is 1.53. The number of para-hydroxylation sites is 1. The standard InChI is InChI=1S/C12H17NO3/c1-8(2)13-11(12(14)15)9-6-4-5-7-10(9)16-3/h4-8,11,13H,1-3H3,(H,14,15). The van der Waals surface area contributed by atoms with Crippen molar-refractivity contribution in [3.8, 4) is 5.75 Å². The number of methoxy groups -OCH3 is 1. The fraction of sp³-hybridized carbons (Fsp3) is 0.417. The molecule has 88 valence electrons. The van der Waals surface area contributed by atoms with Gasteiger partial charge in [-0.2, -0.15) is 0 Å². The van der Waals surface area contributed by atoms with Crippen molar-refractivity contribution in [1.29, 1.82) is 0 Å². The molecule has 0 fully saturated rings. The quantitative estimate of drug-likeness (QED) is 0.799. The molecule has 0 amide bonds. The smallest absolute Gasteiger partial charge is 0.325 e. The van der Waals surface area contributed by atoms with Crippen molar-refractivity contribution >= 4 is 5.97 Å². The summed E-state index contributed by atoms with van der Waals surface area (Å²) in [5.74, 6) is -0.318. The number of carbonyl (C=O) groups is 1. The van der Waals surface area contributed by atoms with Gasteiger partial charge in [-0.05, 0) is 19.9 Å². The second-order valence-corrected chi connectivity index (χ2v) is 3.83. The summed E-state index contributed by atoms with van der Waals surface area (Å²) in [7, 11) is 1.53. The molecule has 0 saturated heterocycles. The second-order valence-electron chi connectivity index (χ2n) is 3.83. The monoisotopic (exact) mass is 223 g/mol. The highest BCUT2D eigenvalue weighted by Gasteiger charge is 2.23. The topological polar surface area (TPSA) is 58.6 Å². The zero-order valence-electron chi connectivity index (χ0n) is 9.73. The number of nitrogens with one attached hydrogen (secondary N) is 1. The molecule has 0 radical (unpaired) electrons. The third-order valence-corrected chi connectivity index (χ3v) is 2.20. The average molecular weight is 223 g/mol. The van der Waals surface area contributed by atoms with E-state index in [-0.39, 0.29) is 6.04 Å². The first-order chi connectivity index (χ1) is 7.56. The maximum absolute atomic E-state index is 11.2. The average Bonchev–Trinajstić information content (AvgIpc) is 2.25. The number of rotatable bonds is 5. The molecule has 1 aromatic rings. The van der Waals surface area contributed by atoms with Gasteiger partial charge < -0.3 is 9.84 Å². The predicted octanol–water partition coefficient (Wildman–Crippen LogP) is 1.82. The van der Waals surface area contributed by atoms with Crippen LogP contribution in [0.15, 0.2) is 24.3 Å². The predicted molar refractivity (Wildman–Crippen MR) is 61.6 cm³/mol. The summed E-state index contributed by atoms with van der Waals surface area (Å²) < 4.78 is 5.15. The first kappa shape index (κ1) is 12.5. The lowest BCUT2D eigenvalue weighted by molar-refractivity contribution is -0.139. The Balaban J connectivity index is 3.05. The Morgan fingerprint density at radius 2 is 2.00 bits per heavy atom. The van der Waals surface area contributed by atoms with Crippen molar-refractivity contribution in [2.45, 2.75) is 25.9 Å². The van der Waals surface area contributed by atoms with Gasteiger partial charge in [0.25, 0.3) is 0 Å². The van der Waals surface area contributed by atoms with Crippen LogP contribution in [0.25, 0.3) is 0 Å². The minimum atomic E-state index is -0.904. The van der Waals surface area contributed by atoms with Crippen LogP contribution in [0.3, 0.4) is 0 Å². The summed E-state index contributed by atoms with van der Waals surface area (Å²) in [6, 6.07) is 6.48. The molecule has 0 aliphatic carbocycles. The molecule has 0 saturated carbocycles. The molecule has 0 aliphatic rings. The Morgan fingerprint density at radius 3 is 2.50 bits per heavy atom. The van der Waals surface area contributed by atoms with E-state index in [2.05, 4.69) is 5.32 Å². The van der Waals surface area contributed by atoms with E-state index in [1.807, 2.05) is 19.9 Å². The molecule has 4 heteroatoms. The number of hydrogen-bond donors (Lipinski definition) is 2.